The van der Waals surface area contributed by atoms with Gasteiger partial charge in [0.1, 0.15) is 11.9 Å². The number of hydrogen-bond acceptors (Lipinski definition) is 5. The van der Waals surface area contributed by atoms with Crippen LogP contribution in [0.3, 0.4) is 0 Å². The number of likely N-dealkylation sites (N-methyl/N-ethyl adjacent to an activating group) is 1. The number of hydrazine groups is 1. The molecule has 2 saturated heterocycles. The van der Waals surface area contributed by atoms with Crippen LogP contribution < -0.4 is 0 Å². The molecule has 0 aliphatic carbocycles. The summed E-state index contributed by atoms with van der Waals surface area (Å²) in [7, 11) is 0. The van der Waals surface area contributed by atoms with Gasteiger partial charge < -0.3 is 0 Å². The highest BCUT2D eigenvalue weighted by atomic mass is 19.1. The Labute approximate surface area is 140 Å². The molecule has 3 rings (SSSR count). The first-order chi connectivity index (χ1) is 11.4. The van der Waals surface area contributed by atoms with Crippen LogP contribution in [-0.4, -0.2) is 52.5 Å². The van der Waals surface area contributed by atoms with Gasteiger partial charge in [-0.05, 0) is 37.5 Å². The topological polar surface area (TPSA) is 57.7 Å². The first kappa shape index (κ1) is 16.9. The second kappa shape index (κ2) is 6.53. The van der Waals surface area contributed by atoms with E-state index >= 15 is 0 Å². The van der Waals surface area contributed by atoms with Crippen molar-refractivity contribution in [1.29, 1.82) is 0 Å². The molecule has 24 heavy (non-hydrogen) atoms. The lowest BCUT2D eigenvalue weighted by Crippen LogP contribution is -2.69. The Morgan fingerprint density at radius 1 is 1.12 bits per heavy atom. The SMILES string of the molecule is CCN1C(C)C(=O)C(=O)C2C(=O)C(Cc3ccc(F)cc3)CCN21. The number of carbonyl (C=O) groups excluding carboxylic acids is 3. The van der Waals surface area contributed by atoms with Crippen molar-refractivity contribution in [2.24, 2.45) is 5.92 Å². The highest BCUT2D eigenvalue weighted by Crippen LogP contribution is 2.29. The molecular weight excluding hydrogens is 311 g/mol. The van der Waals surface area contributed by atoms with Crippen LogP contribution in [0.2, 0.25) is 0 Å². The van der Waals surface area contributed by atoms with Crippen molar-refractivity contribution in [3.05, 3.63) is 35.6 Å². The Morgan fingerprint density at radius 3 is 2.42 bits per heavy atom. The number of ketones is 3. The fourth-order valence-corrected chi connectivity index (χ4v) is 3.73. The fraction of sp³-hybridized carbons (Fsp3) is 0.500. The van der Waals surface area contributed by atoms with Crippen molar-refractivity contribution in [2.45, 2.75) is 38.8 Å². The molecule has 2 heterocycles. The van der Waals surface area contributed by atoms with Gasteiger partial charge in [-0.3, -0.25) is 14.4 Å². The van der Waals surface area contributed by atoms with Crippen molar-refractivity contribution >= 4 is 17.3 Å². The van der Waals surface area contributed by atoms with Crippen LogP contribution in [0.25, 0.3) is 0 Å². The lowest BCUT2D eigenvalue weighted by atomic mass is 9.81. The van der Waals surface area contributed by atoms with Crippen molar-refractivity contribution in [3.8, 4) is 0 Å². The molecule has 0 spiro atoms. The summed E-state index contributed by atoms with van der Waals surface area (Å²) in [5.74, 6) is -1.93. The molecule has 0 N–H and O–H groups in total. The highest BCUT2D eigenvalue weighted by molar-refractivity contribution is 6.45. The van der Waals surface area contributed by atoms with Gasteiger partial charge in [-0.1, -0.05) is 19.1 Å². The van der Waals surface area contributed by atoms with Crippen LogP contribution in [0.15, 0.2) is 24.3 Å². The largest absolute Gasteiger partial charge is 0.297 e. The number of nitrogens with zero attached hydrogens (tertiary/aromatic N) is 2. The number of Topliss-reactive ketones (excluding diaryl/α,β-unsaturated/α-hetero) is 3. The molecule has 6 heteroatoms. The van der Waals surface area contributed by atoms with Gasteiger partial charge in [-0.2, -0.15) is 0 Å². The number of benzene rings is 1. The number of halogens is 1. The molecule has 0 saturated carbocycles. The molecule has 128 valence electrons. The lowest BCUT2D eigenvalue weighted by Gasteiger charge is -2.48. The summed E-state index contributed by atoms with van der Waals surface area (Å²) >= 11 is 0. The Bertz CT molecular complexity index is 673. The summed E-state index contributed by atoms with van der Waals surface area (Å²) in [6.07, 6.45) is 1.09. The molecule has 3 atom stereocenters. The standard InChI is InChI=1S/C18H21FN2O3/c1-3-20-11(2)16(22)18(24)15-17(23)13(8-9-21(15)20)10-12-4-6-14(19)7-5-12/h4-7,11,13,15H,3,8-10H2,1-2H3. The van der Waals surface area contributed by atoms with Crippen LogP contribution in [-0.2, 0) is 20.8 Å². The van der Waals surface area contributed by atoms with E-state index < -0.39 is 23.7 Å². The van der Waals surface area contributed by atoms with E-state index in [1.807, 2.05) is 11.9 Å². The van der Waals surface area contributed by atoms with E-state index in [9.17, 15) is 18.8 Å². The normalized spacial score (nSPS) is 29.0. The molecule has 2 aliphatic heterocycles. The molecule has 0 amide bonds. The first-order valence-electron chi connectivity index (χ1n) is 8.33. The lowest BCUT2D eigenvalue weighted by molar-refractivity contribution is -0.177. The summed E-state index contributed by atoms with van der Waals surface area (Å²) < 4.78 is 13.0. The van der Waals surface area contributed by atoms with Gasteiger partial charge in [0.2, 0.25) is 11.6 Å². The Hall–Kier alpha value is -1.92. The number of fused-ring (bicyclic) bond motifs is 1. The van der Waals surface area contributed by atoms with Crippen molar-refractivity contribution in [2.75, 3.05) is 13.1 Å². The molecule has 2 aliphatic rings. The zero-order chi connectivity index (χ0) is 17.4. The molecule has 2 fully saturated rings. The third-order valence-corrected chi connectivity index (χ3v) is 5.04. The summed E-state index contributed by atoms with van der Waals surface area (Å²) in [4.78, 5) is 37.4. The van der Waals surface area contributed by atoms with Gasteiger partial charge in [-0.15, -0.1) is 0 Å². The highest BCUT2D eigenvalue weighted by Gasteiger charge is 2.51. The maximum atomic E-state index is 13.0. The Morgan fingerprint density at radius 2 is 1.79 bits per heavy atom. The van der Waals surface area contributed by atoms with Gasteiger partial charge in [0.05, 0.1) is 6.04 Å². The van der Waals surface area contributed by atoms with Gasteiger partial charge in [-0.25, -0.2) is 14.4 Å². The maximum absolute atomic E-state index is 13.0. The summed E-state index contributed by atoms with van der Waals surface area (Å²) in [6.45, 7) is 4.76. The second-order valence-corrected chi connectivity index (χ2v) is 6.44. The molecule has 5 nitrogen and oxygen atoms in total. The van der Waals surface area contributed by atoms with Crippen LogP contribution in [0.5, 0.6) is 0 Å². The van der Waals surface area contributed by atoms with Crippen molar-refractivity contribution in [3.63, 3.8) is 0 Å². The van der Waals surface area contributed by atoms with Crippen LogP contribution in [0, 0.1) is 11.7 Å². The minimum Gasteiger partial charge on any atom is -0.297 e. The average Bonchev–Trinajstić information content (AvgIpc) is 2.57. The monoisotopic (exact) mass is 332 g/mol. The maximum Gasteiger partial charge on any atom is 0.226 e. The van der Waals surface area contributed by atoms with E-state index in [1.54, 1.807) is 24.1 Å². The van der Waals surface area contributed by atoms with Gasteiger partial charge in [0.25, 0.3) is 0 Å². The smallest absolute Gasteiger partial charge is 0.226 e. The molecule has 1 aromatic rings. The Kier molecular flexibility index (Phi) is 4.60. The van der Waals surface area contributed by atoms with Gasteiger partial charge in [0.15, 0.2) is 5.78 Å². The molecule has 0 radical (unpaired) electrons. The van der Waals surface area contributed by atoms with Crippen molar-refractivity contribution < 1.29 is 18.8 Å². The predicted octanol–water partition coefficient (Wildman–Crippen LogP) is 1.40. The third kappa shape index (κ3) is 2.80. The van der Waals surface area contributed by atoms with E-state index in [0.717, 1.165) is 5.56 Å². The zero-order valence-electron chi connectivity index (χ0n) is 13.9. The van der Waals surface area contributed by atoms with E-state index in [-0.39, 0.29) is 17.5 Å². The Balaban J connectivity index is 1.81. The number of carbonyl (C=O) groups is 3. The van der Waals surface area contributed by atoms with E-state index in [1.165, 1.54) is 12.1 Å². The molecule has 3 unspecified atom stereocenters. The number of rotatable bonds is 3. The van der Waals surface area contributed by atoms with E-state index in [4.69, 9.17) is 0 Å². The molecule has 1 aromatic carbocycles. The van der Waals surface area contributed by atoms with Gasteiger partial charge in [0, 0.05) is 19.0 Å². The average molecular weight is 332 g/mol. The van der Waals surface area contributed by atoms with E-state index in [2.05, 4.69) is 0 Å². The second-order valence-electron chi connectivity index (χ2n) is 6.44. The van der Waals surface area contributed by atoms with Crippen molar-refractivity contribution in [1.82, 2.24) is 10.0 Å². The van der Waals surface area contributed by atoms with Gasteiger partial charge >= 0.3 is 0 Å². The first-order valence-corrected chi connectivity index (χ1v) is 8.33. The minimum atomic E-state index is -0.993. The van der Waals surface area contributed by atoms with Crippen LogP contribution in [0.1, 0.15) is 25.8 Å². The van der Waals surface area contributed by atoms with Crippen LogP contribution >= 0.6 is 0 Å². The summed E-state index contributed by atoms with van der Waals surface area (Å²) in [5, 5.41) is 3.58. The van der Waals surface area contributed by atoms with E-state index in [0.29, 0.717) is 25.9 Å². The third-order valence-electron chi connectivity index (χ3n) is 5.04. The molecule has 0 aromatic heterocycles. The number of piperidine rings is 1. The number of hydrogen-bond donors (Lipinski definition) is 0. The summed E-state index contributed by atoms with van der Waals surface area (Å²) in [5.41, 5.74) is 0.860. The zero-order valence-corrected chi connectivity index (χ0v) is 13.9. The molecular formula is C18H21FN2O3. The minimum absolute atomic E-state index is 0.200. The fourth-order valence-electron chi connectivity index (χ4n) is 3.73. The summed E-state index contributed by atoms with van der Waals surface area (Å²) in [6, 6.07) is 4.54. The van der Waals surface area contributed by atoms with Crippen LogP contribution in [0.4, 0.5) is 4.39 Å². The quantitative estimate of drug-likeness (QED) is 0.619. The molecule has 0 bridgehead atoms. The predicted molar refractivity (Wildman–Crippen MR) is 85.6 cm³/mol.